The van der Waals surface area contributed by atoms with Crippen molar-refractivity contribution in [3.05, 3.63) is 29.5 Å². The minimum absolute atomic E-state index is 0.328. The van der Waals surface area contributed by atoms with E-state index in [1.807, 2.05) is 18.2 Å². The molecule has 1 saturated carbocycles. The first-order valence-electron chi connectivity index (χ1n) is 7.30. The Kier molecular flexibility index (Phi) is 3.79. The molecule has 1 heterocycles. The molecule has 0 unspecified atom stereocenters. The van der Waals surface area contributed by atoms with Crippen molar-refractivity contribution in [1.29, 1.82) is 0 Å². The van der Waals surface area contributed by atoms with Crippen LogP contribution >= 0.6 is 11.6 Å². The van der Waals surface area contributed by atoms with E-state index in [4.69, 9.17) is 11.6 Å². The fraction of sp³-hybridized carbons (Fsp3) is 0.500. The van der Waals surface area contributed by atoms with Gasteiger partial charge >= 0.3 is 0 Å². The van der Waals surface area contributed by atoms with Gasteiger partial charge in [-0.05, 0) is 55.3 Å². The summed E-state index contributed by atoms with van der Waals surface area (Å²) in [6, 6.07) is 8.63. The van der Waals surface area contributed by atoms with Crippen LogP contribution in [0.1, 0.15) is 32.6 Å². The highest BCUT2D eigenvalue weighted by atomic mass is 35.5. The molecule has 1 aliphatic rings. The van der Waals surface area contributed by atoms with Gasteiger partial charge in [0.25, 0.3) is 0 Å². The zero-order chi connectivity index (χ0) is 14.1. The summed E-state index contributed by atoms with van der Waals surface area (Å²) in [7, 11) is 2.13. The van der Waals surface area contributed by atoms with Gasteiger partial charge in [0.05, 0.1) is 5.52 Å². The van der Waals surface area contributed by atoms with Gasteiger partial charge in [0.1, 0.15) is 5.82 Å². The Balaban J connectivity index is 1.96. The lowest BCUT2D eigenvalue weighted by molar-refractivity contribution is 0.340. The van der Waals surface area contributed by atoms with Gasteiger partial charge in [0, 0.05) is 18.5 Å². The Hall–Kier alpha value is -1.35. The monoisotopic (exact) mass is 289 g/mol. The lowest BCUT2D eigenvalue weighted by Gasteiger charge is -2.34. The molecule has 3 nitrogen and oxygen atoms in total. The van der Waals surface area contributed by atoms with Crippen LogP contribution in [0.25, 0.3) is 10.9 Å². The average molecular weight is 290 g/mol. The van der Waals surface area contributed by atoms with Gasteiger partial charge in [-0.3, -0.25) is 0 Å². The number of benzene rings is 1. The van der Waals surface area contributed by atoms with Crippen LogP contribution in [-0.4, -0.2) is 23.1 Å². The summed E-state index contributed by atoms with van der Waals surface area (Å²) in [5, 5.41) is 1.41. The first kappa shape index (κ1) is 13.6. The quantitative estimate of drug-likeness (QED) is 0.772. The molecule has 1 fully saturated rings. The summed E-state index contributed by atoms with van der Waals surface area (Å²) in [4.78, 5) is 11.1. The Morgan fingerprint density at radius 1 is 1.10 bits per heavy atom. The standard InChI is InChI=1S/C16H20ClN3/c1-11-7-9-12(10-8-11)20(2)15-13-5-3-4-6-14(13)18-16(17)19-15/h3-6,11-12H,7-10H2,1-2H3/t11-,12-. The van der Waals surface area contributed by atoms with Gasteiger partial charge in [-0.1, -0.05) is 19.1 Å². The van der Waals surface area contributed by atoms with Gasteiger partial charge < -0.3 is 4.90 Å². The summed E-state index contributed by atoms with van der Waals surface area (Å²) in [5.41, 5.74) is 0.915. The number of para-hydroxylation sites is 1. The normalized spacial score (nSPS) is 22.9. The van der Waals surface area contributed by atoms with E-state index in [1.54, 1.807) is 0 Å². The lowest BCUT2D eigenvalue weighted by Crippen LogP contribution is -2.35. The Bertz CT molecular complexity index is 606. The van der Waals surface area contributed by atoms with E-state index < -0.39 is 0 Å². The Morgan fingerprint density at radius 3 is 2.55 bits per heavy atom. The summed E-state index contributed by atoms with van der Waals surface area (Å²) >= 11 is 6.08. The SMILES string of the molecule is CN(c1nc(Cl)nc2ccccc12)[C@H]1CC[C@H](C)CC1. The lowest BCUT2D eigenvalue weighted by atomic mass is 9.87. The molecular formula is C16H20ClN3. The van der Waals surface area contributed by atoms with Gasteiger partial charge in [0.2, 0.25) is 5.28 Å². The van der Waals surface area contributed by atoms with Crippen LogP contribution in [0.4, 0.5) is 5.82 Å². The number of fused-ring (bicyclic) bond motifs is 1. The fourth-order valence-corrected chi connectivity index (χ4v) is 3.27. The van der Waals surface area contributed by atoms with E-state index in [1.165, 1.54) is 25.7 Å². The highest BCUT2D eigenvalue weighted by Gasteiger charge is 2.24. The second kappa shape index (κ2) is 5.57. The number of nitrogens with zero attached hydrogens (tertiary/aromatic N) is 3. The topological polar surface area (TPSA) is 29.0 Å². The van der Waals surface area contributed by atoms with E-state index in [2.05, 4.69) is 34.9 Å². The maximum Gasteiger partial charge on any atom is 0.224 e. The molecule has 2 aromatic rings. The summed E-state index contributed by atoms with van der Waals surface area (Å²) in [6.07, 6.45) is 5.05. The van der Waals surface area contributed by atoms with Crippen LogP contribution in [0, 0.1) is 5.92 Å². The number of rotatable bonds is 2. The highest BCUT2D eigenvalue weighted by molar-refractivity contribution is 6.28. The number of hydrogen-bond donors (Lipinski definition) is 0. The molecule has 0 radical (unpaired) electrons. The largest absolute Gasteiger partial charge is 0.356 e. The molecule has 0 bridgehead atoms. The van der Waals surface area contributed by atoms with Crippen molar-refractivity contribution in [3.8, 4) is 0 Å². The molecule has 3 rings (SSSR count). The van der Waals surface area contributed by atoms with Crippen molar-refractivity contribution in [2.24, 2.45) is 5.92 Å². The number of aromatic nitrogens is 2. The molecule has 0 aliphatic heterocycles. The predicted molar refractivity (Wildman–Crippen MR) is 84.4 cm³/mol. The van der Waals surface area contributed by atoms with Crippen LogP contribution in [0.3, 0.4) is 0 Å². The number of halogens is 1. The van der Waals surface area contributed by atoms with E-state index >= 15 is 0 Å². The van der Waals surface area contributed by atoms with Crippen LogP contribution in [-0.2, 0) is 0 Å². The molecule has 1 aromatic heterocycles. The van der Waals surface area contributed by atoms with Crippen molar-refractivity contribution < 1.29 is 0 Å². The van der Waals surface area contributed by atoms with Crippen LogP contribution < -0.4 is 4.90 Å². The Morgan fingerprint density at radius 2 is 1.80 bits per heavy atom. The van der Waals surface area contributed by atoms with Gasteiger partial charge in [-0.2, -0.15) is 4.98 Å². The van der Waals surface area contributed by atoms with E-state index in [9.17, 15) is 0 Å². The summed E-state index contributed by atoms with van der Waals surface area (Å²) in [6.45, 7) is 2.34. The first-order chi connectivity index (χ1) is 9.65. The second-order valence-electron chi connectivity index (χ2n) is 5.86. The molecule has 1 aromatic carbocycles. The number of anilines is 1. The van der Waals surface area contributed by atoms with Crippen molar-refractivity contribution in [3.63, 3.8) is 0 Å². The van der Waals surface area contributed by atoms with Gasteiger partial charge in [-0.15, -0.1) is 0 Å². The molecule has 1 aliphatic carbocycles. The van der Waals surface area contributed by atoms with Crippen LogP contribution in [0.15, 0.2) is 24.3 Å². The van der Waals surface area contributed by atoms with E-state index in [-0.39, 0.29) is 0 Å². The van der Waals surface area contributed by atoms with Crippen LogP contribution in [0.5, 0.6) is 0 Å². The van der Waals surface area contributed by atoms with Crippen molar-refractivity contribution in [1.82, 2.24) is 9.97 Å². The third kappa shape index (κ3) is 2.59. The third-order valence-corrected chi connectivity index (χ3v) is 4.59. The molecule has 106 valence electrons. The molecule has 20 heavy (non-hydrogen) atoms. The zero-order valence-electron chi connectivity index (χ0n) is 12.0. The minimum atomic E-state index is 0.328. The molecular weight excluding hydrogens is 270 g/mol. The maximum absolute atomic E-state index is 6.08. The average Bonchev–Trinajstić information content (AvgIpc) is 2.46. The fourth-order valence-electron chi connectivity index (χ4n) is 3.10. The molecule has 0 saturated heterocycles. The Labute approximate surface area is 125 Å². The third-order valence-electron chi connectivity index (χ3n) is 4.42. The van der Waals surface area contributed by atoms with Gasteiger partial charge in [0.15, 0.2) is 0 Å². The summed E-state index contributed by atoms with van der Waals surface area (Å²) in [5.74, 6) is 1.81. The molecule has 4 heteroatoms. The van der Waals surface area contributed by atoms with Crippen molar-refractivity contribution >= 4 is 28.3 Å². The highest BCUT2D eigenvalue weighted by Crippen LogP contribution is 2.32. The smallest absolute Gasteiger partial charge is 0.224 e. The number of hydrogen-bond acceptors (Lipinski definition) is 3. The van der Waals surface area contributed by atoms with E-state index in [0.717, 1.165) is 22.6 Å². The zero-order valence-corrected chi connectivity index (χ0v) is 12.8. The van der Waals surface area contributed by atoms with E-state index in [0.29, 0.717) is 11.3 Å². The molecule has 0 N–H and O–H groups in total. The molecule has 0 amide bonds. The predicted octanol–water partition coefficient (Wildman–Crippen LogP) is 4.30. The summed E-state index contributed by atoms with van der Waals surface area (Å²) < 4.78 is 0. The molecule has 0 atom stereocenters. The second-order valence-corrected chi connectivity index (χ2v) is 6.20. The van der Waals surface area contributed by atoms with Gasteiger partial charge in [-0.25, -0.2) is 4.98 Å². The minimum Gasteiger partial charge on any atom is -0.356 e. The van der Waals surface area contributed by atoms with Crippen molar-refractivity contribution in [2.75, 3.05) is 11.9 Å². The van der Waals surface area contributed by atoms with Crippen LogP contribution in [0.2, 0.25) is 5.28 Å². The molecule has 0 spiro atoms. The maximum atomic E-state index is 6.08. The van der Waals surface area contributed by atoms with Crippen molar-refractivity contribution in [2.45, 2.75) is 38.6 Å². The first-order valence-corrected chi connectivity index (χ1v) is 7.68.